The van der Waals surface area contributed by atoms with E-state index in [1.54, 1.807) is 26.1 Å². The summed E-state index contributed by atoms with van der Waals surface area (Å²) >= 11 is 0. The van der Waals surface area contributed by atoms with E-state index >= 15 is 0 Å². The normalized spacial score (nSPS) is 13.3. The Morgan fingerprint density at radius 1 is 0.962 bits per heavy atom. The highest BCUT2D eigenvalue weighted by atomic mass is 19.4. The molecule has 0 radical (unpaired) electrons. The average molecular weight is 740 g/mol. The van der Waals surface area contributed by atoms with Crippen LogP contribution in [0.5, 0.6) is 0 Å². The topological polar surface area (TPSA) is 167 Å². The number of hydrogen-bond acceptors (Lipinski definition) is 6. The van der Waals surface area contributed by atoms with Crippen molar-refractivity contribution in [2.24, 2.45) is 17.1 Å². The van der Waals surface area contributed by atoms with Crippen molar-refractivity contribution in [1.29, 1.82) is 0 Å². The Morgan fingerprint density at radius 3 is 2.06 bits per heavy atom. The number of alkyl halides is 3. The van der Waals surface area contributed by atoms with Crippen LogP contribution in [-0.4, -0.2) is 81.8 Å². The van der Waals surface area contributed by atoms with Crippen LogP contribution in [0.4, 0.5) is 22.0 Å². The Morgan fingerprint density at radius 2 is 1.56 bits per heavy atom. The molecule has 3 atom stereocenters. The van der Waals surface area contributed by atoms with Gasteiger partial charge in [-0.15, -0.1) is 0 Å². The molecule has 11 nitrogen and oxygen atoms in total. The number of benzene rings is 2. The minimum Gasteiger partial charge on any atom is -0.475 e. The first-order valence-corrected chi connectivity index (χ1v) is 16.3. The zero-order chi connectivity index (χ0) is 39.6. The van der Waals surface area contributed by atoms with E-state index in [4.69, 9.17) is 15.6 Å². The number of hydrogen-bond donors (Lipinski definition) is 5. The van der Waals surface area contributed by atoms with E-state index < -0.39 is 71.6 Å². The van der Waals surface area contributed by atoms with Crippen molar-refractivity contribution in [1.82, 2.24) is 20.1 Å². The molecule has 3 aromatic rings. The third-order valence-electron chi connectivity index (χ3n) is 8.03. The number of aromatic nitrogens is 1. The summed E-state index contributed by atoms with van der Waals surface area (Å²) in [4.78, 5) is 49.4. The summed E-state index contributed by atoms with van der Waals surface area (Å²) in [6.07, 6.45) is -3.33. The molecule has 0 fully saturated rings. The van der Waals surface area contributed by atoms with Crippen molar-refractivity contribution in [2.75, 3.05) is 20.2 Å². The monoisotopic (exact) mass is 739 g/mol. The summed E-state index contributed by atoms with van der Waals surface area (Å²) < 4.78 is 62.8. The Hall–Kier alpha value is -4.83. The number of halogens is 5. The van der Waals surface area contributed by atoms with Gasteiger partial charge in [0, 0.05) is 43.2 Å². The zero-order valence-electron chi connectivity index (χ0n) is 29.8. The maximum absolute atomic E-state index is 15.0. The fourth-order valence-corrected chi connectivity index (χ4v) is 5.38. The van der Waals surface area contributed by atoms with Gasteiger partial charge in [-0.3, -0.25) is 14.4 Å². The minimum atomic E-state index is -5.08. The lowest BCUT2D eigenvalue weighted by molar-refractivity contribution is -0.192. The van der Waals surface area contributed by atoms with Crippen LogP contribution in [-0.2, 0) is 25.7 Å². The molecular weight excluding hydrogens is 693 g/mol. The van der Waals surface area contributed by atoms with Gasteiger partial charge in [0.05, 0.1) is 12.1 Å². The van der Waals surface area contributed by atoms with Gasteiger partial charge in [-0.2, -0.15) is 13.2 Å². The number of likely N-dealkylation sites (N-methyl/N-ethyl adjacent to an activating group) is 1. The van der Waals surface area contributed by atoms with Crippen molar-refractivity contribution in [2.45, 2.75) is 71.9 Å². The number of carboxylic acids is 1. The maximum atomic E-state index is 15.0. The number of nitrogens with one attached hydrogen (secondary N) is 2. The second kappa shape index (κ2) is 18.6. The first kappa shape index (κ1) is 43.3. The van der Waals surface area contributed by atoms with Crippen LogP contribution in [0, 0.1) is 23.0 Å². The molecule has 0 unspecified atom stereocenters. The number of nitrogens with two attached hydrogens (primary N) is 1. The van der Waals surface area contributed by atoms with E-state index in [-0.39, 0.29) is 24.4 Å². The average Bonchev–Trinajstić information content (AvgIpc) is 3.47. The Labute approximate surface area is 299 Å². The summed E-state index contributed by atoms with van der Waals surface area (Å²) in [5, 5.41) is 22.4. The van der Waals surface area contributed by atoms with Gasteiger partial charge < -0.3 is 36.0 Å². The van der Waals surface area contributed by atoms with Crippen molar-refractivity contribution in [3.05, 3.63) is 83.7 Å². The van der Waals surface area contributed by atoms with Gasteiger partial charge in [-0.05, 0) is 47.6 Å². The number of aliphatic hydroxyl groups is 1. The number of carbonyl (C=O) groups excluding carboxylic acids is 3. The van der Waals surface area contributed by atoms with Crippen molar-refractivity contribution in [3.63, 3.8) is 0 Å². The Balaban J connectivity index is 0.00000121. The van der Waals surface area contributed by atoms with Crippen LogP contribution in [0.1, 0.15) is 58.3 Å². The van der Waals surface area contributed by atoms with Crippen LogP contribution in [0.25, 0.3) is 11.1 Å². The molecule has 0 aliphatic heterocycles. The molecule has 3 rings (SSSR count). The van der Waals surface area contributed by atoms with Crippen LogP contribution >= 0.6 is 0 Å². The van der Waals surface area contributed by atoms with Gasteiger partial charge in [0.1, 0.15) is 24.3 Å². The summed E-state index contributed by atoms with van der Waals surface area (Å²) in [6, 6.07) is 12.0. The van der Waals surface area contributed by atoms with Crippen molar-refractivity contribution in [3.8, 4) is 11.1 Å². The molecule has 52 heavy (non-hydrogen) atoms. The molecule has 0 spiro atoms. The number of rotatable bonds is 13. The van der Waals surface area contributed by atoms with Gasteiger partial charge in [-0.1, -0.05) is 65.0 Å². The molecule has 0 saturated carbocycles. The van der Waals surface area contributed by atoms with Crippen LogP contribution in [0.15, 0.2) is 60.8 Å². The molecule has 0 saturated heterocycles. The standard InChI is InChI=1S/C34H45F2N5O4.C2HF3O2/c1-21(2)30(37)33(45)39-27(32(44)38-6)14-15-41(29(43)20-42)31(34(3,4)5)28-16-23(25-17-24(35)12-13-26(25)36)19-40(28)18-22-10-8-7-9-11-22;3-2(4,5)1(6)7/h7-13,16-17,19,21,27,30-31,42H,14-15,18,20,37H2,1-6H3,(H,38,44)(H,39,45);(H,6,7)/t27-,30-,31-;/m0./s1. The number of amides is 3. The van der Waals surface area contributed by atoms with Crippen LogP contribution in [0.3, 0.4) is 0 Å². The van der Waals surface area contributed by atoms with Gasteiger partial charge >= 0.3 is 12.1 Å². The molecule has 2 aromatic carbocycles. The molecule has 286 valence electrons. The third-order valence-corrected chi connectivity index (χ3v) is 8.03. The highest BCUT2D eigenvalue weighted by molar-refractivity contribution is 5.89. The summed E-state index contributed by atoms with van der Waals surface area (Å²) in [6.45, 7) is 8.92. The predicted molar refractivity (Wildman–Crippen MR) is 183 cm³/mol. The van der Waals surface area contributed by atoms with Crippen molar-refractivity contribution < 1.29 is 51.3 Å². The third kappa shape index (κ3) is 12.1. The van der Waals surface area contributed by atoms with Crippen LogP contribution < -0.4 is 16.4 Å². The molecule has 16 heteroatoms. The number of carbonyl (C=O) groups is 4. The Kier molecular flexibility index (Phi) is 15.5. The largest absolute Gasteiger partial charge is 0.490 e. The maximum Gasteiger partial charge on any atom is 0.490 e. The molecule has 3 amide bonds. The van der Waals surface area contributed by atoms with Gasteiger partial charge in [0.2, 0.25) is 17.7 Å². The zero-order valence-corrected chi connectivity index (χ0v) is 29.8. The first-order chi connectivity index (χ1) is 24.1. The predicted octanol–water partition coefficient (Wildman–Crippen LogP) is 4.63. The van der Waals surface area contributed by atoms with E-state index in [1.807, 2.05) is 55.7 Å². The molecule has 0 aliphatic rings. The van der Waals surface area contributed by atoms with Gasteiger partial charge in [0.15, 0.2) is 0 Å². The highest BCUT2D eigenvalue weighted by Crippen LogP contribution is 2.41. The smallest absolute Gasteiger partial charge is 0.475 e. The van der Waals surface area contributed by atoms with E-state index in [9.17, 15) is 41.4 Å². The Bertz CT molecular complexity index is 1670. The molecule has 1 heterocycles. The van der Waals surface area contributed by atoms with Crippen LogP contribution in [0.2, 0.25) is 0 Å². The molecule has 0 aliphatic carbocycles. The summed E-state index contributed by atoms with van der Waals surface area (Å²) in [5.41, 5.74) is 7.42. The minimum absolute atomic E-state index is 0.0171. The quantitative estimate of drug-likeness (QED) is 0.160. The lowest BCUT2D eigenvalue weighted by atomic mass is 9.82. The lowest BCUT2D eigenvalue weighted by Gasteiger charge is -2.41. The molecule has 1 aromatic heterocycles. The second-order valence-corrected chi connectivity index (χ2v) is 13.4. The molecular formula is C36H46F5N5O6. The SMILES string of the molecule is CNC(=O)[C@H](CCN(C(=O)CO)[C@@H](c1cc(-c2cc(F)ccc2F)cn1Cc1ccccc1)C(C)(C)C)NC(=O)[C@@H](N)C(C)C.O=C(O)C(F)(F)F. The molecule has 6 N–H and O–H groups in total. The molecule has 0 bridgehead atoms. The van der Waals surface area contributed by atoms with E-state index in [0.717, 1.165) is 23.8 Å². The fourth-order valence-electron chi connectivity index (χ4n) is 5.38. The van der Waals surface area contributed by atoms with Gasteiger partial charge in [0.25, 0.3) is 0 Å². The summed E-state index contributed by atoms with van der Waals surface area (Å²) in [5.74, 6) is -5.66. The van der Waals surface area contributed by atoms with Gasteiger partial charge in [-0.25, -0.2) is 13.6 Å². The summed E-state index contributed by atoms with van der Waals surface area (Å²) in [7, 11) is 1.45. The lowest BCUT2D eigenvalue weighted by Crippen LogP contribution is -2.54. The highest BCUT2D eigenvalue weighted by Gasteiger charge is 2.39. The second-order valence-electron chi connectivity index (χ2n) is 13.4. The van der Waals surface area contributed by atoms with E-state index in [2.05, 4.69) is 10.6 Å². The first-order valence-electron chi connectivity index (χ1n) is 16.3. The number of aliphatic carboxylic acids is 1. The van der Waals surface area contributed by atoms with E-state index in [0.29, 0.717) is 17.8 Å². The fraction of sp³-hybridized carbons (Fsp3) is 0.444. The number of aliphatic hydroxyl groups excluding tert-OH is 1. The number of carboxylic acid groups (broad SMARTS) is 1. The van der Waals surface area contributed by atoms with E-state index in [1.165, 1.54) is 11.9 Å². The van der Waals surface area contributed by atoms with Crippen molar-refractivity contribution >= 4 is 23.7 Å². The number of nitrogens with zero attached hydrogens (tertiary/aromatic N) is 2.